The molecule has 40 heavy (non-hydrogen) atoms. The molecule has 0 bridgehead atoms. The van der Waals surface area contributed by atoms with E-state index in [-0.39, 0.29) is 28.0 Å². The van der Waals surface area contributed by atoms with E-state index in [0.29, 0.717) is 5.56 Å². The molecule has 0 amide bonds. The molecule has 1 aromatic heterocycles. The Morgan fingerprint density at radius 2 is 1.40 bits per heavy atom. The van der Waals surface area contributed by atoms with Crippen LogP contribution in [-0.4, -0.2) is 96.0 Å². The van der Waals surface area contributed by atoms with E-state index in [9.17, 15) is 45.6 Å². The van der Waals surface area contributed by atoms with Gasteiger partial charge in [-0.05, 0) is 38.1 Å². The van der Waals surface area contributed by atoms with E-state index in [4.69, 9.17) is 18.6 Å². The number of phenols is 3. The van der Waals surface area contributed by atoms with Gasteiger partial charge in [-0.2, -0.15) is 0 Å². The molecule has 5 rings (SSSR count). The van der Waals surface area contributed by atoms with E-state index < -0.39 is 78.2 Å². The Labute approximate surface area is 226 Å². The third-order valence-electron chi connectivity index (χ3n) is 7.37. The van der Waals surface area contributed by atoms with Gasteiger partial charge in [-0.15, -0.1) is 0 Å². The second-order valence-corrected chi connectivity index (χ2v) is 10.1. The lowest BCUT2D eigenvalue weighted by Crippen LogP contribution is -2.61. The van der Waals surface area contributed by atoms with Gasteiger partial charge in [-0.1, -0.05) is 0 Å². The fraction of sp³-hybridized carbons (Fsp3) is 0.444. The minimum absolute atomic E-state index is 0.00361. The molecule has 8 N–H and O–H groups in total. The number of benzene rings is 2. The minimum atomic E-state index is -1.76. The fourth-order valence-electron chi connectivity index (χ4n) is 5.06. The van der Waals surface area contributed by atoms with Gasteiger partial charge >= 0.3 is 0 Å². The maximum absolute atomic E-state index is 13.1. The van der Waals surface area contributed by atoms with Crippen LogP contribution >= 0.6 is 0 Å². The number of hydrogen-bond acceptors (Lipinski definition) is 13. The summed E-state index contributed by atoms with van der Waals surface area (Å²) < 4.78 is 22.8. The van der Waals surface area contributed by atoms with Crippen LogP contribution in [0.4, 0.5) is 0 Å². The molecule has 2 aliphatic heterocycles. The highest BCUT2D eigenvalue weighted by Gasteiger charge is 2.50. The molecule has 2 aromatic carbocycles. The zero-order valence-corrected chi connectivity index (χ0v) is 21.4. The van der Waals surface area contributed by atoms with E-state index in [0.717, 1.165) is 12.1 Å². The first-order chi connectivity index (χ1) is 18.9. The van der Waals surface area contributed by atoms with Crippen LogP contribution in [0.5, 0.6) is 17.2 Å². The van der Waals surface area contributed by atoms with Crippen LogP contribution in [0.2, 0.25) is 0 Å². The largest absolute Gasteiger partial charge is 0.508 e. The Bertz CT molecular complexity index is 1440. The maximum Gasteiger partial charge on any atom is 0.197 e. The molecule has 10 atom stereocenters. The summed E-state index contributed by atoms with van der Waals surface area (Å²) in [6, 6.07) is 8.01. The first-order valence-electron chi connectivity index (χ1n) is 12.6. The Morgan fingerprint density at radius 3 is 2.08 bits per heavy atom. The molecule has 0 aliphatic carbocycles. The Kier molecular flexibility index (Phi) is 7.50. The normalized spacial score (nSPS) is 34.7. The number of aliphatic hydroxyl groups is 5. The fourth-order valence-corrected chi connectivity index (χ4v) is 5.06. The van der Waals surface area contributed by atoms with Crippen molar-refractivity contribution in [2.75, 3.05) is 0 Å². The minimum Gasteiger partial charge on any atom is -0.508 e. The third-order valence-corrected chi connectivity index (χ3v) is 7.37. The van der Waals surface area contributed by atoms with E-state index >= 15 is 0 Å². The molecule has 2 saturated heterocycles. The van der Waals surface area contributed by atoms with Crippen molar-refractivity contribution in [1.29, 1.82) is 0 Å². The van der Waals surface area contributed by atoms with Crippen molar-refractivity contribution in [2.24, 2.45) is 0 Å². The van der Waals surface area contributed by atoms with Crippen molar-refractivity contribution in [3.05, 3.63) is 52.2 Å². The number of aromatic hydroxyl groups is 3. The molecule has 3 heterocycles. The third kappa shape index (κ3) is 4.80. The van der Waals surface area contributed by atoms with Gasteiger partial charge < -0.3 is 59.5 Å². The molecule has 0 saturated carbocycles. The molecule has 0 spiro atoms. The Morgan fingerprint density at radius 1 is 0.775 bits per heavy atom. The molecule has 13 heteroatoms. The summed E-state index contributed by atoms with van der Waals surface area (Å²) in [5, 5.41) is 83.4. The molecule has 0 radical (unpaired) electrons. The van der Waals surface area contributed by atoms with Crippen molar-refractivity contribution in [1.82, 2.24) is 0 Å². The Balaban J connectivity index is 1.57. The number of ether oxygens (including phenoxy) is 3. The predicted molar refractivity (Wildman–Crippen MR) is 135 cm³/mol. The van der Waals surface area contributed by atoms with Crippen molar-refractivity contribution < 1.29 is 59.5 Å². The van der Waals surface area contributed by atoms with Crippen LogP contribution in [0, 0.1) is 0 Å². The van der Waals surface area contributed by atoms with Crippen molar-refractivity contribution in [3.63, 3.8) is 0 Å². The quantitative estimate of drug-likeness (QED) is 0.210. The van der Waals surface area contributed by atoms with E-state index in [1.807, 2.05) is 0 Å². The lowest BCUT2D eigenvalue weighted by atomic mass is 9.89. The molecule has 2 aliphatic rings. The van der Waals surface area contributed by atoms with E-state index in [1.165, 1.54) is 38.1 Å². The number of hydrogen-bond donors (Lipinski definition) is 8. The van der Waals surface area contributed by atoms with Crippen LogP contribution in [0.3, 0.4) is 0 Å². The summed E-state index contributed by atoms with van der Waals surface area (Å²) >= 11 is 0. The number of fused-ring (bicyclic) bond motifs is 1. The first-order valence-corrected chi connectivity index (χ1v) is 12.6. The number of rotatable bonds is 4. The number of phenolic OH excluding ortho intramolecular Hbond substituents is 3. The molecule has 3 aromatic rings. The Hall–Kier alpha value is -3.27. The van der Waals surface area contributed by atoms with Gasteiger partial charge in [0.05, 0.1) is 17.8 Å². The predicted octanol–water partition coefficient (Wildman–Crippen LogP) is -0.0289. The van der Waals surface area contributed by atoms with Crippen LogP contribution < -0.4 is 5.43 Å². The SMILES string of the molecule is C[C@@H]1O[C@H](O[C@H]2[C@@H](O)[C@@H](O)[C@H](C)O[C@H]2c2c(O)cc3oc(-c4ccc(O)cc4)cc(=O)c3c2O)[C@H](O)[C@H](O)[C@H]1O. The van der Waals surface area contributed by atoms with Gasteiger partial charge in [0.25, 0.3) is 0 Å². The summed E-state index contributed by atoms with van der Waals surface area (Å²) in [6.07, 6.45) is -14.8. The van der Waals surface area contributed by atoms with Gasteiger partial charge in [0.2, 0.25) is 0 Å². The molecule has 216 valence electrons. The summed E-state index contributed by atoms with van der Waals surface area (Å²) in [6.45, 7) is 2.85. The standard InChI is InChI=1S/C27H30O13/c1-9-20(32)23(35)26(40-27-24(36)22(34)19(31)10(2)38-27)25(37-9)18-14(30)8-16-17(21(18)33)13(29)7-15(39-16)11-3-5-12(28)6-4-11/h3-10,19-20,22-28,30-36H,1-2H3/t9-,10-,19-,20-,22+,23-,24+,25-,26-,27+/m0/s1. The van der Waals surface area contributed by atoms with Crippen LogP contribution in [-0.2, 0) is 14.2 Å². The second kappa shape index (κ2) is 10.6. The highest BCUT2D eigenvalue weighted by atomic mass is 16.7. The van der Waals surface area contributed by atoms with E-state index in [1.54, 1.807) is 0 Å². The molecule has 13 nitrogen and oxygen atoms in total. The van der Waals surface area contributed by atoms with E-state index in [2.05, 4.69) is 0 Å². The van der Waals surface area contributed by atoms with Crippen LogP contribution in [0.1, 0.15) is 25.5 Å². The van der Waals surface area contributed by atoms with Crippen molar-refractivity contribution >= 4 is 11.0 Å². The van der Waals surface area contributed by atoms with Gasteiger partial charge in [0, 0.05) is 17.7 Å². The molecular weight excluding hydrogens is 532 g/mol. The van der Waals surface area contributed by atoms with Crippen LogP contribution in [0.15, 0.2) is 45.6 Å². The van der Waals surface area contributed by atoms with Crippen LogP contribution in [0.25, 0.3) is 22.3 Å². The molecule has 0 unspecified atom stereocenters. The average molecular weight is 563 g/mol. The summed E-state index contributed by atoms with van der Waals surface area (Å²) in [4.78, 5) is 13.1. The first kappa shape index (κ1) is 28.3. The maximum atomic E-state index is 13.1. The molecule has 2 fully saturated rings. The van der Waals surface area contributed by atoms with Gasteiger partial charge in [0.15, 0.2) is 11.7 Å². The lowest BCUT2D eigenvalue weighted by molar-refractivity contribution is -0.336. The highest BCUT2D eigenvalue weighted by Crippen LogP contribution is 2.46. The van der Waals surface area contributed by atoms with Gasteiger partial charge in [-0.3, -0.25) is 4.79 Å². The average Bonchev–Trinajstić information content (AvgIpc) is 2.91. The van der Waals surface area contributed by atoms with Crippen molar-refractivity contribution in [2.45, 2.75) is 75.1 Å². The zero-order chi connectivity index (χ0) is 29.0. The number of aliphatic hydroxyl groups excluding tert-OH is 5. The van der Waals surface area contributed by atoms with Gasteiger partial charge in [-0.25, -0.2) is 0 Å². The smallest absolute Gasteiger partial charge is 0.197 e. The zero-order valence-electron chi connectivity index (χ0n) is 21.4. The summed E-state index contributed by atoms with van der Waals surface area (Å²) in [5.41, 5.74) is -0.767. The van der Waals surface area contributed by atoms with Crippen molar-refractivity contribution in [3.8, 4) is 28.6 Å². The summed E-state index contributed by atoms with van der Waals surface area (Å²) in [5.74, 6) is -1.22. The second-order valence-electron chi connectivity index (χ2n) is 10.1. The monoisotopic (exact) mass is 562 g/mol. The van der Waals surface area contributed by atoms with Gasteiger partial charge in [0.1, 0.15) is 76.7 Å². The highest BCUT2D eigenvalue weighted by molar-refractivity contribution is 5.88. The topological polar surface area (TPSA) is 220 Å². The lowest BCUT2D eigenvalue weighted by Gasteiger charge is -2.46. The molecular formula is C27H30O13. The summed E-state index contributed by atoms with van der Waals surface area (Å²) in [7, 11) is 0.